The zero-order chi connectivity index (χ0) is 24.0. The van der Waals surface area contributed by atoms with E-state index in [1.807, 2.05) is 36.5 Å². The van der Waals surface area contributed by atoms with Gasteiger partial charge in [0.05, 0.1) is 17.9 Å². The lowest BCUT2D eigenvalue weighted by Crippen LogP contribution is -2.30. The Kier molecular flexibility index (Phi) is 6.95. The van der Waals surface area contributed by atoms with Crippen molar-refractivity contribution in [1.82, 2.24) is 24.1 Å². The van der Waals surface area contributed by atoms with Gasteiger partial charge < -0.3 is 10.4 Å². The Bertz CT molecular complexity index is 1340. The lowest BCUT2D eigenvalue weighted by atomic mass is 10.2. The van der Waals surface area contributed by atoms with Gasteiger partial charge in [0.15, 0.2) is 0 Å². The highest BCUT2D eigenvalue weighted by molar-refractivity contribution is 7.89. The monoisotopic (exact) mass is 478 g/mol. The van der Waals surface area contributed by atoms with Gasteiger partial charge >= 0.3 is 5.97 Å². The van der Waals surface area contributed by atoms with E-state index in [1.54, 1.807) is 35.1 Å². The van der Waals surface area contributed by atoms with E-state index in [0.717, 1.165) is 11.3 Å². The summed E-state index contributed by atoms with van der Waals surface area (Å²) in [6.07, 6.45) is 6.33. The number of hydrogen-bond donors (Lipinski definition) is 2. The molecule has 0 aliphatic carbocycles. The van der Waals surface area contributed by atoms with Gasteiger partial charge in [0.25, 0.3) is 0 Å². The van der Waals surface area contributed by atoms with Crippen molar-refractivity contribution in [2.45, 2.75) is 18.0 Å². The standard InChI is InChI=1S/C23H22N6O4S/c30-23(31)15-25-22-6-1-4-19(27-22)17-28(34(32,33)21-5-2-11-24-14-21)16-18-7-9-20(10-8-18)29-13-3-12-26-29/h1-14H,15-17H2,(H,25,27)(H,30,31). The number of anilines is 1. The molecule has 4 rings (SSSR count). The third kappa shape index (κ3) is 5.63. The summed E-state index contributed by atoms with van der Waals surface area (Å²) in [4.78, 5) is 19.2. The lowest BCUT2D eigenvalue weighted by molar-refractivity contribution is -0.134. The molecule has 0 bridgehead atoms. The molecule has 0 fully saturated rings. The summed E-state index contributed by atoms with van der Waals surface area (Å²) in [6, 6.07) is 17.3. The number of nitrogens with zero attached hydrogens (tertiary/aromatic N) is 5. The summed E-state index contributed by atoms with van der Waals surface area (Å²) in [6.45, 7) is -0.206. The maximum absolute atomic E-state index is 13.4. The second-order valence-corrected chi connectivity index (χ2v) is 9.28. The number of carboxylic acid groups (broad SMARTS) is 1. The van der Waals surface area contributed by atoms with Gasteiger partial charge in [-0.25, -0.2) is 18.1 Å². The molecule has 0 saturated heterocycles. The zero-order valence-electron chi connectivity index (χ0n) is 18.0. The van der Waals surface area contributed by atoms with Gasteiger partial charge in [0, 0.05) is 31.3 Å². The number of rotatable bonds is 10. The van der Waals surface area contributed by atoms with Crippen LogP contribution in [0, 0.1) is 0 Å². The third-order valence-electron chi connectivity index (χ3n) is 4.90. The van der Waals surface area contributed by atoms with Crippen molar-refractivity contribution in [3.63, 3.8) is 0 Å². The summed E-state index contributed by atoms with van der Waals surface area (Å²) >= 11 is 0. The molecular formula is C23H22N6O4S. The van der Waals surface area contributed by atoms with Crippen LogP contribution in [0.2, 0.25) is 0 Å². The molecule has 0 saturated carbocycles. The van der Waals surface area contributed by atoms with E-state index >= 15 is 0 Å². The molecule has 0 aliphatic heterocycles. The molecule has 11 heteroatoms. The van der Waals surface area contributed by atoms with E-state index in [9.17, 15) is 13.2 Å². The molecular weight excluding hydrogens is 456 g/mol. The fourth-order valence-electron chi connectivity index (χ4n) is 3.27. The number of carboxylic acids is 1. The van der Waals surface area contributed by atoms with E-state index in [2.05, 4.69) is 20.4 Å². The predicted molar refractivity (Wildman–Crippen MR) is 125 cm³/mol. The maximum atomic E-state index is 13.4. The molecule has 10 nitrogen and oxygen atoms in total. The summed E-state index contributed by atoms with van der Waals surface area (Å²) in [7, 11) is -3.89. The zero-order valence-corrected chi connectivity index (χ0v) is 18.8. The molecule has 0 radical (unpaired) electrons. The fraction of sp³-hybridized carbons (Fsp3) is 0.130. The Morgan fingerprint density at radius 1 is 1.00 bits per heavy atom. The van der Waals surface area contributed by atoms with Gasteiger partial charge in [-0.2, -0.15) is 9.40 Å². The van der Waals surface area contributed by atoms with Crippen molar-refractivity contribution in [2.75, 3.05) is 11.9 Å². The number of aliphatic carboxylic acids is 1. The highest BCUT2D eigenvalue weighted by atomic mass is 32.2. The van der Waals surface area contributed by atoms with Crippen molar-refractivity contribution < 1.29 is 18.3 Å². The Morgan fingerprint density at radius 3 is 2.50 bits per heavy atom. The first kappa shape index (κ1) is 23.1. The number of carbonyl (C=O) groups is 1. The van der Waals surface area contributed by atoms with E-state index in [4.69, 9.17) is 5.11 Å². The Morgan fingerprint density at radius 2 is 1.82 bits per heavy atom. The largest absolute Gasteiger partial charge is 0.480 e. The van der Waals surface area contributed by atoms with Crippen LogP contribution in [0.3, 0.4) is 0 Å². The molecule has 0 atom stereocenters. The van der Waals surface area contributed by atoms with Gasteiger partial charge in [0.2, 0.25) is 10.0 Å². The third-order valence-corrected chi connectivity index (χ3v) is 6.68. The first-order valence-electron chi connectivity index (χ1n) is 10.3. The van der Waals surface area contributed by atoms with Crippen molar-refractivity contribution >= 4 is 21.8 Å². The molecule has 0 spiro atoms. The van der Waals surface area contributed by atoms with Crippen LogP contribution in [0.25, 0.3) is 5.69 Å². The fourth-order valence-corrected chi connectivity index (χ4v) is 4.63. The van der Waals surface area contributed by atoms with Gasteiger partial charge in [0.1, 0.15) is 17.3 Å². The number of pyridine rings is 2. The smallest absolute Gasteiger partial charge is 0.322 e. The second-order valence-electron chi connectivity index (χ2n) is 7.34. The minimum absolute atomic E-state index is 0.0132. The van der Waals surface area contributed by atoms with Gasteiger partial charge in [-0.15, -0.1) is 0 Å². The quantitative estimate of drug-likeness (QED) is 0.356. The highest BCUT2D eigenvalue weighted by Crippen LogP contribution is 2.21. The van der Waals surface area contributed by atoms with Crippen LogP contribution in [-0.4, -0.2) is 50.1 Å². The normalized spacial score (nSPS) is 11.4. The number of hydrogen-bond acceptors (Lipinski definition) is 7. The predicted octanol–water partition coefficient (Wildman–Crippen LogP) is 2.55. The molecule has 4 aromatic rings. The van der Waals surface area contributed by atoms with Crippen molar-refractivity contribution in [3.05, 3.63) is 96.7 Å². The van der Waals surface area contributed by atoms with Crippen LogP contribution in [0.4, 0.5) is 5.82 Å². The molecule has 0 unspecified atom stereocenters. The highest BCUT2D eigenvalue weighted by Gasteiger charge is 2.26. The number of aromatic nitrogens is 4. The summed E-state index contributed by atoms with van der Waals surface area (Å²) in [5.74, 6) is -0.672. The summed E-state index contributed by atoms with van der Waals surface area (Å²) in [5.41, 5.74) is 2.11. The first-order valence-corrected chi connectivity index (χ1v) is 11.8. The molecule has 3 aromatic heterocycles. The molecule has 1 aromatic carbocycles. The Balaban J connectivity index is 1.61. The number of benzene rings is 1. The van der Waals surface area contributed by atoms with Crippen LogP contribution in [0.15, 0.2) is 90.3 Å². The van der Waals surface area contributed by atoms with Gasteiger partial charge in [-0.05, 0) is 48.0 Å². The molecule has 3 heterocycles. The van der Waals surface area contributed by atoms with Crippen LogP contribution < -0.4 is 5.32 Å². The maximum Gasteiger partial charge on any atom is 0.322 e. The molecule has 0 amide bonds. The van der Waals surface area contributed by atoms with Crippen molar-refractivity contribution in [3.8, 4) is 5.69 Å². The van der Waals surface area contributed by atoms with E-state index in [0.29, 0.717) is 11.5 Å². The van der Waals surface area contributed by atoms with Crippen LogP contribution >= 0.6 is 0 Å². The average molecular weight is 479 g/mol. The van der Waals surface area contributed by atoms with Crippen LogP contribution in [0.1, 0.15) is 11.3 Å². The number of nitrogens with one attached hydrogen (secondary N) is 1. The topological polar surface area (TPSA) is 130 Å². The van der Waals surface area contributed by atoms with Crippen molar-refractivity contribution in [1.29, 1.82) is 0 Å². The number of sulfonamides is 1. The Labute approximate surface area is 196 Å². The van der Waals surface area contributed by atoms with E-state index in [-0.39, 0.29) is 24.5 Å². The summed E-state index contributed by atoms with van der Waals surface area (Å²) in [5, 5.41) is 15.8. The molecule has 2 N–H and O–H groups in total. The minimum Gasteiger partial charge on any atom is -0.480 e. The molecule has 174 valence electrons. The van der Waals surface area contributed by atoms with E-state index < -0.39 is 16.0 Å². The van der Waals surface area contributed by atoms with Crippen LogP contribution in [0.5, 0.6) is 0 Å². The van der Waals surface area contributed by atoms with Crippen molar-refractivity contribution in [2.24, 2.45) is 0 Å². The van der Waals surface area contributed by atoms with Crippen LogP contribution in [-0.2, 0) is 27.9 Å². The second kappa shape index (κ2) is 10.2. The summed E-state index contributed by atoms with van der Waals surface area (Å²) < 4.78 is 29.9. The SMILES string of the molecule is O=C(O)CNc1cccc(CN(Cc2ccc(-n3cccn3)cc2)S(=O)(=O)c2cccnc2)n1. The Hall–Kier alpha value is -4.09. The molecule has 34 heavy (non-hydrogen) atoms. The lowest BCUT2D eigenvalue weighted by Gasteiger charge is -2.22. The average Bonchev–Trinajstić information content (AvgIpc) is 3.39. The molecule has 0 aliphatic rings. The van der Waals surface area contributed by atoms with Gasteiger partial charge in [-0.3, -0.25) is 9.78 Å². The van der Waals surface area contributed by atoms with E-state index in [1.165, 1.54) is 22.8 Å². The minimum atomic E-state index is -3.89. The van der Waals surface area contributed by atoms with Gasteiger partial charge in [-0.1, -0.05) is 18.2 Å². The first-order chi connectivity index (χ1) is 16.4.